The Morgan fingerprint density at radius 2 is 2.31 bits per heavy atom. The molecule has 0 heterocycles. The van der Waals surface area contributed by atoms with Gasteiger partial charge in [0.1, 0.15) is 0 Å². The van der Waals surface area contributed by atoms with Gasteiger partial charge in [0.15, 0.2) is 0 Å². The van der Waals surface area contributed by atoms with Gasteiger partial charge >= 0.3 is 0 Å². The lowest BCUT2D eigenvalue weighted by Gasteiger charge is -2.10. The molecule has 0 aliphatic rings. The summed E-state index contributed by atoms with van der Waals surface area (Å²) in [5.41, 5.74) is 0. The Morgan fingerprint density at radius 3 is 2.85 bits per heavy atom. The molecule has 13 heavy (non-hydrogen) atoms. The minimum atomic E-state index is -0.00176. The van der Waals surface area contributed by atoms with Gasteiger partial charge in [-0.3, -0.25) is 4.79 Å². The molecule has 0 aromatic heterocycles. The first-order valence-electron chi connectivity index (χ1n) is 4.72. The van der Waals surface area contributed by atoms with Crippen LogP contribution in [0.25, 0.3) is 0 Å². The Bertz CT molecular complexity index is 142. The summed E-state index contributed by atoms with van der Waals surface area (Å²) in [5, 5.41) is 11.4. The Hall–Kier alpha value is -0.220. The van der Waals surface area contributed by atoms with E-state index in [1.54, 1.807) is 11.8 Å². The molecular weight excluding hydrogens is 186 g/mol. The standard InChI is InChI=1S/C9H19NO2S/c1-3-5-10-9(12)8(2)13-7-4-6-11/h8,11H,3-7H2,1-2H3,(H,10,12). The Balaban J connectivity index is 3.45. The van der Waals surface area contributed by atoms with E-state index in [2.05, 4.69) is 5.32 Å². The Labute approximate surface area is 84.3 Å². The van der Waals surface area contributed by atoms with Crippen LogP contribution in [0.3, 0.4) is 0 Å². The normalized spacial score (nSPS) is 12.5. The number of rotatable bonds is 7. The Morgan fingerprint density at radius 1 is 1.62 bits per heavy atom. The van der Waals surface area contributed by atoms with Crippen LogP contribution in [-0.4, -0.2) is 35.2 Å². The average molecular weight is 205 g/mol. The quantitative estimate of drug-likeness (QED) is 0.610. The number of hydrogen-bond acceptors (Lipinski definition) is 3. The minimum Gasteiger partial charge on any atom is -0.396 e. The van der Waals surface area contributed by atoms with Crippen molar-refractivity contribution >= 4 is 17.7 Å². The summed E-state index contributed by atoms with van der Waals surface area (Å²) in [7, 11) is 0. The minimum absolute atomic E-state index is 0.00176. The summed E-state index contributed by atoms with van der Waals surface area (Å²) in [6.45, 7) is 4.89. The monoisotopic (exact) mass is 205 g/mol. The maximum absolute atomic E-state index is 11.3. The third-order valence-corrected chi connectivity index (χ3v) is 2.83. The zero-order valence-electron chi connectivity index (χ0n) is 8.38. The van der Waals surface area contributed by atoms with E-state index in [1.807, 2.05) is 13.8 Å². The number of thioether (sulfide) groups is 1. The van der Waals surface area contributed by atoms with Crippen molar-refractivity contribution in [2.75, 3.05) is 18.9 Å². The highest BCUT2D eigenvalue weighted by Crippen LogP contribution is 2.11. The van der Waals surface area contributed by atoms with Crippen LogP contribution in [0, 0.1) is 0 Å². The fourth-order valence-electron chi connectivity index (χ4n) is 0.792. The molecule has 0 saturated heterocycles. The maximum atomic E-state index is 11.3. The highest BCUT2D eigenvalue weighted by atomic mass is 32.2. The second-order valence-electron chi connectivity index (χ2n) is 2.88. The molecule has 0 aliphatic heterocycles. The molecule has 0 aromatic rings. The van der Waals surface area contributed by atoms with Crippen molar-refractivity contribution in [1.29, 1.82) is 0 Å². The fraction of sp³-hybridized carbons (Fsp3) is 0.889. The van der Waals surface area contributed by atoms with Gasteiger partial charge in [-0.2, -0.15) is 0 Å². The van der Waals surface area contributed by atoms with Gasteiger partial charge in [-0.15, -0.1) is 11.8 Å². The van der Waals surface area contributed by atoms with Crippen molar-refractivity contribution in [3.8, 4) is 0 Å². The fourth-order valence-corrected chi connectivity index (χ4v) is 1.68. The number of aliphatic hydroxyl groups excluding tert-OH is 1. The zero-order valence-corrected chi connectivity index (χ0v) is 9.19. The van der Waals surface area contributed by atoms with Gasteiger partial charge in [0, 0.05) is 13.2 Å². The molecule has 1 unspecified atom stereocenters. The Kier molecular flexibility index (Phi) is 8.24. The average Bonchev–Trinajstić information content (AvgIpc) is 2.14. The largest absolute Gasteiger partial charge is 0.396 e. The van der Waals surface area contributed by atoms with Gasteiger partial charge in [-0.1, -0.05) is 6.92 Å². The van der Waals surface area contributed by atoms with E-state index in [9.17, 15) is 4.79 Å². The first-order valence-corrected chi connectivity index (χ1v) is 5.77. The molecule has 1 amide bonds. The first kappa shape index (κ1) is 12.8. The summed E-state index contributed by atoms with van der Waals surface area (Å²) in [4.78, 5) is 11.3. The molecule has 78 valence electrons. The van der Waals surface area contributed by atoms with Gasteiger partial charge in [0.05, 0.1) is 5.25 Å². The summed E-state index contributed by atoms with van der Waals surface area (Å²) in [5.74, 6) is 0.946. The first-order chi connectivity index (χ1) is 6.22. The summed E-state index contributed by atoms with van der Waals surface area (Å²) < 4.78 is 0. The molecule has 0 aromatic carbocycles. The molecule has 0 rings (SSSR count). The SMILES string of the molecule is CCCNC(=O)C(C)SCCCO. The third kappa shape index (κ3) is 6.90. The smallest absolute Gasteiger partial charge is 0.232 e. The van der Waals surface area contributed by atoms with Crippen LogP contribution in [0.2, 0.25) is 0 Å². The van der Waals surface area contributed by atoms with Crippen LogP contribution in [0.4, 0.5) is 0 Å². The molecule has 3 nitrogen and oxygen atoms in total. The number of amides is 1. The maximum Gasteiger partial charge on any atom is 0.232 e. The second-order valence-corrected chi connectivity index (χ2v) is 4.33. The van der Waals surface area contributed by atoms with E-state index in [0.29, 0.717) is 0 Å². The molecule has 1 atom stereocenters. The van der Waals surface area contributed by atoms with Crippen molar-refractivity contribution in [2.45, 2.75) is 31.9 Å². The van der Waals surface area contributed by atoms with Crippen LogP contribution in [0.5, 0.6) is 0 Å². The molecule has 0 aliphatic carbocycles. The van der Waals surface area contributed by atoms with E-state index in [1.165, 1.54) is 0 Å². The number of carbonyl (C=O) groups excluding carboxylic acids is 1. The summed E-state index contributed by atoms with van der Waals surface area (Å²) in [6, 6.07) is 0. The van der Waals surface area contributed by atoms with Gasteiger partial charge in [0.25, 0.3) is 0 Å². The van der Waals surface area contributed by atoms with E-state index >= 15 is 0 Å². The molecule has 0 bridgehead atoms. The van der Waals surface area contributed by atoms with E-state index in [-0.39, 0.29) is 17.8 Å². The van der Waals surface area contributed by atoms with Crippen molar-refractivity contribution in [3.63, 3.8) is 0 Å². The van der Waals surface area contributed by atoms with Gasteiger partial charge in [-0.05, 0) is 25.5 Å². The van der Waals surface area contributed by atoms with E-state index in [4.69, 9.17) is 5.11 Å². The van der Waals surface area contributed by atoms with Crippen molar-refractivity contribution in [2.24, 2.45) is 0 Å². The highest BCUT2D eigenvalue weighted by Gasteiger charge is 2.11. The molecule has 0 fully saturated rings. The topological polar surface area (TPSA) is 49.3 Å². The van der Waals surface area contributed by atoms with Gasteiger partial charge in [-0.25, -0.2) is 0 Å². The highest BCUT2D eigenvalue weighted by molar-refractivity contribution is 8.00. The predicted molar refractivity (Wildman–Crippen MR) is 56.9 cm³/mol. The van der Waals surface area contributed by atoms with Crippen LogP contribution in [0.1, 0.15) is 26.7 Å². The van der Waals surface area contributed by atoms with Crippen molar-refractivity contribution in [3.05, 3.63) is 0 Å². The predicted octanol–water partition coefficient (Wildman–Crippen LogP) is 1.02. The van der Waals surface area contributed by atoms with Crippen LogP contribution in [-0.2, 0) is 4.79 Å². The van der Waals surface area contributed by atoms with Crippen molar-refractivity contribution in [1.82, 2.24) is 5.32 Å². The van der Waals surface area contributed by atoms with Crippen LogP contribution < -0.4 is 5.32 Å². The summed E-state index contributed by atoms with van der Waals surface area (Å²) in [6.07, 6.45) is 1.73. The van der Waals surface area contributed by atoms with Crippen molar-refractivity contribution < 1.29 is 9.90 Å². The van der Waals surface area contributed by atoms with Crippen LogP contribution in [0.15, 0.2) is 0 Å². The lowest BCUT2D eigenvalue weighted by molar-refractivity contribution is -0.120. The zero-order chi connectivity index (χ0) is 10.1. The van der Waals surface area contributed by atoms with Gasteiger partial charge in [0.2, 0.25) is 5.91 Å². The third-order valence-electron chi connectivity index (χ3n) is 1.59. The van der Waals surface area contributed by atoms with E-state index < -0.39 is 0 Å². The number of aliphatic hydroxyl groups is 1. The molecule has 0 spiro atoms. The molecule has 0 radical (unpaired) electrons. The molecule has 4 heteroatoms. The van der Waals surface area contributed by atoms with E-state index in [0.717, 1.165) is 25.1 Å². The second kappa shape index (κ2) is 8.38. The number of carbonyl (C=O) groups is 1. The number of nitrogens with one attached hydrogen (secondary N) is 1. The molecule has 2 N–H and O–H groups in total. The lowest BCUT2D eigenvalue weighted by Crippen LogP contribution is -2.31. The van der Waals surface area contributed by atoms with Gasteiger partial charge < -0.3 is 10.4 Å². The lowest BCUT2D eigenvalue weighted by atomic mass is 10.4. The summed E-state index contributed by atoms with van der Waals surface area (Å²) >= 11 is 1.59. The number of hydrogen-bond donors (Lipinski definition) is 2. The van der Waals surface area contributed by atoms with Crippen LogP contribution >= 0.6 is 11.8 Å². The molecule has 0 saturated carbocycles. The molecular formula is C9H19NO2S.